The van der Waals surface area contributed by atoms with E-state index in [1.807, 2.05) is 25.1 Å². The van der Waals surface area contributed by atoms with E-state index < -0.39 is 0 Å². The zero-order valence-corrected chi connectivity index (χ0v) is 15.2. The van der Waals surface area contributed by atoms with Crippen LogP contribution in [-0.2, 0) is 6.42 Å². The normalized spacial score (nSPS) is 12.4. The molecule has 1 aromatic carbocycles. The van der Waals surface area contributed by atoms with Crippen molar-refractivity contribution in [1.82, 2.24) is 10.3 Å². The van der Waals surface area contributed by atoms with E-state index in [2.05, 4.69) is 26.2 Å². The van der Waals surface area contributed by atoms with Gasteiger partial charge in [0.25, 0.3) is 0 Å². The number of hydrogen-bond donors (Lipinski definition) is 1. The highest BCUT2D eigenvalue weighted by atomic mass is 79.9. The molecule has 0 amide bonds. The molecule has 0 aliphatic heterocycles. The summed E-state index contributed by atoms with van der Waals surface area (Å²) in [6, 6.07) is 7.55. The van der Waals surface area contributed by atoms with Crippen LogP contribution >= 0.6 is 50.7 Å². The summed E-state index contributed by atoms with van der Waals surface area (Å²) < 4.78 is 0.957. The molecule has 0 saturated carbocycles. The molecule has 1 N–H and O–H groups in total. The topological polar surface area (TPSA) is 24.9 Å². The molecule has 2 rings (SSSR count). The fraction of sp³-hybridized carbons (Fsp3) is 0.267. The molecule has 0 spiro atoms. The molecule has 112 valence electrons. The van der Waals surface area contributed by atoms with Gasteiger partial charge in [-0.3, -0.25) is 4.98 Å². The molecule has 1 unspecified atom stereocenters. The van der Waals surface area contributed by atoms with Gasteiger partial charge in [-0.1, -0.05) is 63.7 Å². The number of pyridine rings is 1. The van der Waals surface area contributed by atoms with Crippen molar-refractivity contribution in [3.8, 4) is 0 Å². The maximum Gasteiger partial charge on any atom is 0.0763 e. The summed E-state index contributed by atoms with van der Waals surface area (Å²) in [5.41, 5.74) is 1.82. The smallest absolute Gasteiger partial charge is 0.0763 e. The highest BCUT2D eigenvalue weighted by Gasteiger charge is 2.18. The Morgan fingerprint density at radius 1 is 1.19 bits per heavy atom. The van der Waals surface area contributed by atoms with Crippen LogP contribution < -0.4 is 5.32 Å². The van der Waals surface area contributed by atoms with E-state index in [4.69, 9.17) is 34.8 Å². The Morgan fingerprint density at radius 3 is 2.57 bits per heavy atom. The first-order chi connectivity index (χ1) is 10.0. The number of nitrogens with one attached hydrogen (secondary N) is 1. The van der Waals surface area contributed by atoms with Gasteiger partial charge in [-0.05, 0) is 36.7 Å². The second-order valence-electron chi connectivity index (χ2n) is 4.57. The Bertz CT molecular complexity index is 634. The van der Waals surface area contributed by atoms with Crippen LogP contribution in [-0.4, -0.2) is 11.5 Å². The van der Waals surface area contributed by atoms with Gasteiger partial charge < -0.3 is 5.32 Å². The first-order valence-corrected chi connectivity index (χ1v) is 8.42. The Balaban J connectivity index is 2.30. The van der Waals surface area contributed by atoms with Crippen LogP contribution in [0.1, 0.15) is 24.2 Å². The number of likely N-dealkylation sites (N-methyl/N-ethyl adjacent to an activating group) is 1. The second kappa shape index (κ2) is 7.80. The van der Waals surface area contributed by atoms with E-state index in [9.17, 15) is 0 Å². The van der Waals surface area contributed by atoms with Crippen molar-refractivity contribution >= 4 is 50.7 Å². The Hall–Kier alpha value is -0.320. The molecule has 0 saturated heterocycles. The van der Waals surface area contributed by atoms with Crippen molar-refractivity contribution in [2.75, 3.05) is 6.54 Å². The van der Waals surface area contributed by atoms with Crippen molar-refractivity contribution in [1.29, 1.82) is 0 Å². The largest absolute Gasteiger partial charge is 0.309 e. The monoisotopic (exact) mass is 406 g/mol. The number of halogens is 4. The van der Waals surface area contributed by atoms with Crippen LogP contribution in [0.25, 0.3) is 0 Å². The zero-order valence-electron chi connectivity index (χ0n) is 11.3. The van der Waals surface area contributed by atoms with E-state index in [0.717, 1.165) is 27.3 Å². The summed E-state index contributed by atoms with van der Waals surface area (Å²) in [7, 11) is 0. The van der Waals surface area contributed by atoms with Gasteiger partial charge in [-0.25, -0.2) is 0 Å². The van der Waals surface area contributed by atoms with Crippen molar-refractivity contribution in [3.63, 3.8) is 0 Å². The highest BCUT2D eigenvalue weighted by Crippen LogP contribution is 2.29. The van der Waals surface area contributed by atoms with E-state index in [0.29, 0.717) is 16.5 Å². The van der Waals surface area contributed by atoms with E-state index in [1.54, 1.807) is 12.3 Å². The lowest BCUT2D eigenvalue weighted by Gasteiger charge is -2.19. The minimum Gasteiger partial charge on any atom is -0.309 e. The Labute approximate surface area is 147 Å². The third-order valence-electron chi connectivity index (χ3n) is 3.06. The molecule has 1 atom stereocenters. The van der Waals surface area contributed by atoms with Gasteiger partial charge in [0, 0.05) is 15.7 Å². The van der Waals surface area contributed by atoms with Crippen molar-refractivity contribution in [3.05, 3.63) is 61.3 Å². The van der Waals surface area contributed by atoms with Crippen LogP contribution in [0.5, 0.6) is 0 Å². The number of rotatable bonds is 5. The van der Waals surface area contributed by atoms with Crippen LogP contribution in [0, 0.1) is 0 Å². The lowest BCUT2D eigenvalue weighted by molar-refractivity contribution is 0.537. The first kappa shape index (κ1) is 17.0. The van der Waals surface area contributed by atoms with E-state index >= 15 is 0 Å². The molecule has 6 heteroatoms. The molecular formula is C15H14BrCl3N2. The quantitative estimate of drug-likeness (QED) is 0.687. The van der Waals surface area contributed by atoms with Crippen molar-refractivity contribution < 1.29 is 0 Å². The second-order valence-corrected chi connectivity index (χ2v) is 6.74. The molecule has 1 aromatic heterocycles. The fourth-order valence-electron chi connectivity index (χ4n) is 2.10. The minimum atomic E-state index is -0.0153. The molecule has 2 aromatic rings. The SMILES string of the molecule is CCNC(Cc1ccc(Br)cc1Cl)c1ncc(Cl)cc1Cl. The van der Waals surface area contributed by atoms with Crippen LogP contribution in [0.2, 0.25) is 15.1 Å². The Morgan fingerprint density at radius 2 is 1.95 bits per heavy atom. The van der Waals surface area contributed by atoms with Gasteiger partial charge >= 0.3 is 0 Å². The molecule has 0 radical (unpaired) electrons. The third-order valence-corrected chi connectivity index (χ3v) is 4.41. The molecular weight excluding hydrogens is 394 g/mol. The summed E-state index contributed by atoms with van der Waals surface area (Å²) in [6.07, 6.45) is 2.31. The Kier molecular flexibility index (Phi) is 6.33. The van der Waals surface area contributed by atoms with E-state index in [-0.39, 0.29) is 6.04 Å². The molecule has 0 aliphatic rings. The molecule has 0 bridgehead atoms. The predicted molar refractivity (Wildman–Crippen MR) is 93.5 cm³/mol. The van der Waals surface area contributed by atoms with E-state index in [1.165, 1.54) is 0 Å². The van der Waals surface area contributed by atoms with Gasteiger partial charge in [0.1, 0.15) is 0 Å². The molecule has 1 heterocycles. The molecule has 0 fully saturated rings. The lowest BCUT2D eigenvalue weighted by atomic mass is 10.0. The number of nitrogens with zero attached hydrogens (tertiary/aromatic N) is 1. The molecule has 2 nitrogen and oxygen atoms in total. The van der Waals surface area contributed by atoms with Crippen LogP contribution in [0.3, 0.4) is 0 Å². The first-order valence-electron chi connectivity index (χ1n) is 6.49. The van der Waals surface area contributed by atoms with Gasteiger partial charge in [-0.2, -0.15) is 0 Å². The summed E-state index contributed by atoms with van der Waals surface area (Å²) in [5.74, 6) is 0. The van der Waals surface area contributed by atoms with Gasteiger partial charge in [0.15, 0.2) is 0 Å². The van der Waals surface area contributed by atoms with Crippen molar-refractivity contribution in [2.24, 2.45) is 0 Å². The summed E-state index contributed by atoms with van der Waals surface area (Å²) in [6.45, 7) is 2.85. The molecule has 21 heavy (non-hydrogen) atoms. The number of aromatic nitrogens is 1. The molecule has 0 aliphatic carbocycles. The van der Waals surface area contributed by atoms with Gasteiger partial charge in [0.2, 0.25) is 0 Å². The fourth-order valence-corrected chi connectivity index (χ4v) is 3.36. The summed E-state index contributed by atoms with van der Waals surface area (Å²) in [4.78, 5) is 4.36. The summed E-state index contributed by atoms with van der Waals surface area (Å²) in [5, 5.41) is 5.19. The predicted octanol–water partition coefficient (Wildman–Crippen LogP) is 5.70. The number of benzene rings is 1. The minimum absolute atomic E-state index is 0.0153. The van der Waals surface area contributed by atoms with Gasteiger partial charge in [0.05, 0.1) is 21.8 Å². The van der Waals surface area contributed by atoms with Crippen molar-refractivity contribution in [2.45, 2.75) is 19.4 Å². The lowest BCUT2D eigenvalue weighted by Crippen LogP contribution is -2.24. The van der Waals surface area contributed by atoms with Gasteiger partial charge in [-0.15, -0.1) is 0 Å². The average molecular weight is 409 g/mol. The zero-order chi connectivity index (χ0) is 15.4. The van der Waals surface area contributed by atoms with Crippen LogP contribution in [0.15, 0.2) is 34.9 Å². The van der Waals surface area contributed by atoms with Crippen LogP contribution in [0.4, 0.5) is 0 Å². The highest BCUT2D eigenvalue weighted by molar-refractivity contribution is 9.10. The summed E-state index contributed by atoms with van der Waals surface area (Å²) >= 11 is 21.9. The maximum absolute atomic E-state index is 6.29. The standard InChI is InChI=1S/C15H14BrCl3N2/c1-2-20-14(15-13(19)7-11(17)8-21-15)5-9-3-4-10(16)6-12(9)18/h3-4,6-8,14,20H,2,5H2,1H3. The maximum atomic E-state index is 6.29. The average Bonchev–Trinajstić information content (AvgIpc) is 2.41. The number of hydrogen-bond acceptors (Lipinski definition) is 2. The third kappa shape index (κ3) is 4.57.